The summed E-state index contributed by atoms with van der Waals surface area (Å²) >= 11 is 5.86. The third-order valence-electron chi connectivity index (χ3n) is 4.03. The zero-order valence-electron chi connectivity index (χ0n) is 13.3. The fourth-order valence-corrected chi connectivity index (χ4v) is 2.99. The van der Waals surface area contributed by atoms with Crippen molar-refractivity contribution in [2.24, 2.45) is 5.92 Å². The van der Waals surface area contributed by atoms with E-state index in [4.69, 9.17) is 11.6 Å². The van der Waals surface area contributed by atoms with Gasteiger partial charge in [-0.1, -0.05) is 18.5 Å². The van der Waals surface area contributed by atoms with E-state index in [1.54, 1.807) is 4.90 Å². The molecule has 0 aliphatic carbocycles. The zero-order valence-corrected chi connectivity index (χ0v) is 14.0. The molecular formula is C17H22ClFN2O2. The molecular weight excluding hydrogens is 319 g/mol. The van der Waals surface area contributed by atoms with E-state index in [9.17, 15) is 14.0 Å². The Morgan fingerprint density at radius 1 is 1.43 bits per heavy atom. The summed E-state index contributed by atoms with van der Waals surface area (Å²) in [5.74, 6) is -0.653. The standard InChI is InChI=1S/C17H22ClFN2O2/c1-2-4-16(22)20-10-12-5-3-8-21(11-12)17(23)14-9-13(18)6-7-15(14)19/h6-7,9,12H,2-5,8,10-11H2,1H3,(H,20,22)/t12-/m0/s1. The number of benzene rings is 1. The van der Waals surface area contributed by atoms with Gasteiger partial charge in [-0.2, -0.15) is 0 Å². The van der Waals surface area contributed by atoms with E-state index in [0.717, 1.165) is 19.3 Å². The topological polar surface area (TPSA) is 49.4 Å². The number of hydrogen-bond donors (Lipinski definition) is 1. The van der Waals surface area contributed by atoms with Crippen molar-refractivity contribution in [2.75, 3.05) is 19.6 Å². The van der Waals surface area contributed by atoms with Gasteiger partial charge in [0.15, 0.2) is 0 Å². The van der Waals surface area contributed by atoms with E-state index >= 15 is 0 Å². The predicted octanol–water partition coefficient (Wildman–Crippen LogP) is 3.25. The Labute approximate surface area is 141 Å². The van der Waals surface area contributed by atoms with Crippen LogP contribution in [0.15, 0.2) is 18.2 Å². The number of piperidine rings is 1. The first-order chi connectivity index (χ1) is 11.0. The Morgan fingerprint density at radius 3 is 2.96 bits per heavy atom. The van der Waals surface area contributed by atoms with Crippen molar-refractivity contribution < 1.29 is 14.0 Å². The summed E-state index contributed by atoms with van der Waals surface area (Å²) in [5.41, 5.74) is 0.00756. The van der Waals surface area contributed by atoms with Crippen LogP contribution < -0.4 is 5.32 Å². The SMILES string of the molecule is CCCC(=O)NC[C@@H]1CCCN(C(=O)c2cc(Cl)ccc2F)C1. The highest BCUT2D eigenvalue weighted by Crippen LogP contribution is 2.21. The molecule has 0 unspecified atom stereocenters. The van der Waals surface area contributed by atoms with Gasteiger partial charge in [0.1, 0.15) is 5.82 Å². The molecule has 1 saturated heterocycles. The lowest BCUT2D eigenvalue weighted by molar-refractivity contribution is -0.121. The summed E-state index contributed by atoms with van der Waals surface area (Å²) in [5, 5.41) is 3.24. The number of halogens is 2. The molecule has 1 atom stereocenters. The summed E-state index contributed by atoms with van der Waals surface area (Å²) in [6, 6.07) is 4.00. The van der Waals surface area contributed by atoms with Gasteiger partial charge in [0.2, 0.25) is 5.91 Å². The quantitative estimate of drug-likeness (QED) is 0.894. The molecule has 1 aromatic rings. The van der Waals surface area contributed by atoms with Crippen molar-refractivity contribution in [3.63, 3.8) is 0 Å². The second kappa shape index (κ2) is 8.29. The van der Waals surface area contributed by atoms with Crippen molar-refractivity contribution in [2.45, 2.75) is 32.6 Å². The summed E-state index contributed by atoms with van der Waals surface area (Å²) in [6.07, 6.45) is 3.13. The van der Waals surface area contributed by atoms with E-state index in [1.165, 1.54) is 18.2 Å². The second-order valence-corrected chi connectivity index (χ2v) is 6.37. The summed E-state index contributed by atoms with van der Waals surface area (Å²) in [7, 11) is 0. The molecule has 0 aromatic heterocycles. The average molecular weight is 341 g/mol. The van der Waals surface area contributed by atoms with Crippen molar-refractivity contribution in [1.82, 2.24) is 10.2 Å². The lowest BCUT2D eigenvalue weighted by Gasteiger charge is -2.33. The number of nitrogens with one attached hydrogen (secondary N) is 1. The molecule has 23 heavy (non-hydrogen) atoms. The summed E-state index contributed by atoms with van der Waals surface area (Å²) in [6.45, 7) is 3.64. The van der Waals surface area contributed by atoms with E-state index in [-0.39, 0.29) is 23.3 Å². The van der Waals surface area contributed by atoms with Gasteiger partial charge in [-0.15, -0.1) is 0 Å². The Hall–Kier alpha value is -1.62. The minimum atomic E-state index is -0.558. The van der Waals surface area contributed by atoms with Gasteiger partial charge in [-0.3, -0.25) is 9.59 Å². The minimum Gasteiger partial charge on any atom is -0.356 e. The van der Waals surface area contributed by atoms with Crippen LogP contribution >= 0.6 is 11.6 Å². The molecule has 1 heterocycles. The molecule has 126 valence electrons. The van der Waals surface area contributed by atoms with Gasteiger partial charge in [0, 0.05) is 31.1 Å². The zero-order chi connectivity index (χ0) is 16.8. The molecule has 1 aliphatic heterocycles. The first-order valence-corrected chi connectivity index (χ1v) is 8.40. The molecule has 2 rings (SSSR count). The first-order valence-electron chi connectivity index (χ1n) is 8.02. The van der Waals surface area contributed by atoms with Gasteiger partial charge in [-0.25, -0.2) is 4.39 Å². The molecule has 0 spiro atoms. The van der Waals surface area contributed by atoms with Gasteiger partial charge in [0.05, 0.1) is 5.56 Å². The lowest BCUT2D eigenvalue weighted by Crippen LogP contribution is -2.43. The molecule has 1 aromatic carbocycles. The van der Waals surface area contributed by atoms with Crippen molar-refractivity contribution in [3.8, 4) is 0 Å². The van der Waals surface area contributed by atoms with Crippen molar-refractivity contribution >= 4 is 23.4 Å². The third-order valence-corrected chi connectivity index (χ3v) is 4.27. The smallest absolute Gasteiger partial charge is 0.256 e. The highest BCUT2D eigenvalue weighted by Gasteiger charge is 2.26. The number of carbonyl (C=O) groups excluding carboxylic acids is 2. The highest BCUT2D eigenvalue weighted by atomic mass is 35.5. The van der Waals surface area contributed by atoms with Gasteiger partial charge >= 0.3 is 0 Å². The maximum atomic E-state index is 13.8. The molecule has 1 fully saturated rings. The Bertz CT molecular complexity index is 580. The first kappa shape index (κ1) is 17.7. The van der Waals surface area contributed by atoms with E-state index < -0.39 is 5.82 Å². The van der Waals surface area contributed by atoms with Crippen LogP contribution in [0, 0.1) is 11.7 Å². The minimum absolute atomic E-state index is 0.00756. The van der Waals surface area contributed by atoms with Crippen molar-refractivity contribution in [3.05, 3.63) is 34.6 Å². The fourth-order valence-electron chi connectivity index (χ4n) is 2.82. The number of likely N-dealkylation sites (tertiary alicyclic amines) is 1. The normalized spacial score (nSPS) is 17.9. The maximum absolute atomic E-state index is 13.8. The van der Waals surface area contributed by atoms with E-state index in [2.05, 4.69) is 5.32 Å². The fraction of sp³-hybridized carbons (Fsp3) is 0.529. The van der Waals surface area contributed by atoms with Crippen LogP contribution in [0.5, 0.6) is 0 Å². The molecule has 1 N–H and O–H groups in total. The van der Waals surface area contributed by atoms with Crippen LogP contribution in [0.1, 0.15) is 43.0 Å². The Balaban J connectivity index is 1.96. The summed E-state index contributed by atoms with van der Waals surface area (Å²) in [4.78, 5) is 25.7. The summed E-state index contributed by atoms with van der Waals surface area (Å²) < 4.78 is 13.8. The molecule has 0 saturated carbocycles. The van der Waals surface area contributed by atoms with Gasteiger partial charge in [0.25, 0.3) is 5.91 Å². The molecule has 1 aliphatic rings. The second-order valence-electron chi connectivity index (χ2n) is 5.94. The third kappa shape index (κ3) is 4.93. The molecule has 6 heteroatoms. The molecule has 2 amide bonds. The molecule has 0 bridgehead atoms. The van der Waals surface area contributed by atoms with Crippen LogP contribution in [0.2, 0.25) is 5.02 Å². The van der Waals surface area contributed by atoms with Gasteiger partial charge in [-0.05, 0) is 43.4 Å². The van der Waals surface area contributed by atoms with Crippen LogP contribution in [-0.4, -0.2) is 36.3 Å². The van der Waals surface area contributed by atoms with Crippen LogP contribution in [0.3, 0.4) is 0 Å². The average Bonchev–Trinajstić information content (AvgIpc) is 2.55. The van der Waals surface area contributed by atoms with Crippen LogP contribution in [0.25, 0.3) is 0 Å². The van der Waals surface area contributed by atoms with Gasteiger partial charge < -0.3 is 10.2 Å². The number of amides is 2. The van der Waals surface area contributed by atoms with Crippen LogP contribution in [-0.2, 0) is 4.79 Å². The highest BCUT2D eigenvalue weighted by molar-refractivity contribution is 6.31. The predicted molar refractivity (Wildman–Crippen MR) is 88.0 cm³/mol. The monoisotopic (exact) mass is 340 g/mol. The number of nitrogens with zero attached hydrogens (tertiary/aromatic N) is 1. The Morgan fingerprint density at radius 2 is 2.22 bits per heavy atom. The largest absolute Gasteiger partial charge is 0.356 e. The lowest BCUT2D eigenvalue weighted by atomic mass is 9.97. The number of hydrogen-bond acceptors (Lipinski definition) is 2. The van der Waals surface area contributed by atoms with Crippen LogP contribution in [0.4, 0.5) is 4.39 Å². The van der Waals surface area contributed by atoms with Crippen molar-refractivity contribution in [1.29, 1.82) is 0 Å². The molecule has 4 nitrogen and oxygen atoms in total. The maximum Gasteiger partial charge on any atom is 0.256 e. The number of rotatable bonds is 5. The molecule has 0 radical (unpaired) electrons. The number of carbonyl (C=O) groups is 2. The Kier molecular flexibility index (Phi) is 6.39. The van der Waals surface area contributed by atoms with E-state index in [0.29, 0.717) is 31.1 Å². The van der Waals surface area contributed by atoms with E-state index in [1.807, 2.05) is 6.92 Å².